The van der Waals surface area contributed by atoms with Crippen LogP contribution >= 0.6 is 0 Å². The van der Waals surface area contributed by atoms with Crippen LogP contribution in [-0.4, -0.2) is 40.4 Å². The molecule has 0 aliphatic carbocycles. The fourth-order valence-electron chi connectivity index (χ4n) is 3.98. The maximum absolute atomic E-state index is 13.0. The summed E-state index contributed by atoms with van der Waals surface area (Å²) in [6, 6.07) is 13.2. The molecule has 32 heavy (non-hydrogen) atoms. The topological polar surface area (TPSA) is 91.7 Å². The first-order chi connectivity index (χ1) is 15.3. The Kier molecular flexibility index (Phi) is 5.52. The van der Waals surface area contributed by atoms with Gasteiger partial charge in [0.05, 0.1) is 5.69 Å². The number of nitrogens with one attached hydrogen (secondary N) is 1. The number of pyridine rings is 1. The van der Waals surface area contributed by atoms with Crippen molar-refractivity contribution >= 4 is 40.0 Å². The van der Waals surface area contributed by atoms with Crippen LogP contribution in [0.2, 0.25) is 0 Å². The molecular formula is C24H24N4O4. The first kappa shape index (κ1) is 21.3. The van der Waals surface area contributed by atoms with Gasteiger partial charge in [-0.2, -0.15) is 0 Å². The van der Waals surface area contributed by atoms with Crippen LogP contribution in [0, 0.1) is 6.92 Å². The lowest BCUT2D eigenvalue weighted by atomic mass is 10.1. The zero-order chi connectivity index (χ0) is 23.0. The number of rotatable bonds is 4. The van der Waals surface area contributed by atoms with Gasteiger partial charge in [0.15, 0.2) is 0 Å². The molecule has 2 heterocycles. The van der Waals surface area contributed by atoms with Gasteiger partial charge in [-0.1, -0.05) is 24.3 Å². The lowest BCUT2D eigenvalue weighted by Gasteiger charge is -2.22. The van der Waals surface area contributed by atoms with Crippen molar-refractivity contribution in [2.45, 2.75) is 26.8 Å². The van der Waals surface area contributed by atoms with Crippen molar-refractivity contribution in [1.29, 1.82) is 0 Å². The fraction of sp³-hybridized carbons (Fsp3) is 0.250. The van der Waals surface area contributed by atoms with Gasteiger partial charge in [-0.05, 0) is 49.1 Å². The Morgan fingerprint density at radius 2 is 1.75 bits per heavy atom. The Hall–Kier alpha value is -3.94. The van der Waals surface area contributed by atoms with Gasteiger partial charge < -0.3 is 9.88 Å². The molecule has 0 saturated carbocycles. The van der Waals surface area contributed by atoms with E-state index in [4.69, 9.17) is 0 Å². The number of hydrogen-bond donors (Lipinski definition) is 1. The molecule has 4 rings (SSSR count). The number of carbonyl (C=O) groups is 3. The quantitative estimate of drug-likeness (QED) is 0.685. The summed E-state index contributed by atoms with van der Waals surface area (Å²) in [5.74, 6) is -0.644. The second kappa shape index (κ2) is 8.30. The number of anilines is 2. The van der Waals surface area contributed by atoms with Gasteiger partial charge in [-0.25, -0.2) is 4.79 Å². The van der Waals surface area contributed by atoms with Crippen molar-refractivity contribution in [2.24, 2.45) is 0 Å². The van der Waals surface area contributed by atoms with Crippen molar-refractivity contribution in [3.63, 3.8) is 0 Å². The van der Waals surface area contributed by atoms with E-state index in [0.717, 1.165) is 5.39 Å². The number of imide groups is 1. The number of nitrogens with zero attached hydrogens (tertiary/aromatic N) is 3. The van der Waals surface area contributed by atoms with Crippen LogP contribution in [-0.2, 0) is 9.59 Å². The highest BCUT2D eigenvalue weighted by molar-refractivity contribution is 6.05. The van der Waals surface area contributed by atoms with Gasteiger partial charge in [0.25, 0.3) is 5.56 Å². The monoisotopic (exact) mass is 432 g/mol. The van der Waals surface area contributed by atoms with E-state index in [1.807, 2.05) is 25.1 Å². The van der Waals surface area contributed by atoms with E-state index in [-0.39, 0.29) is 23.4 Å². The van der Waals surface area contributed by atoms with Crippen LogP contribution in [0.1, 0.15) is 25.5 Å². The molecule has 0 unspecified atom stereocenters. The minimum Gasteiger partial charge on any atom is -0.324 e. The maximum Gasteiger partial charge on any atom is 0.331 e. The fourth-order valence-corrected chi connectivity index (χ4v) is 3.98. The molecule has 1 N–H and O–H groups in total. The number of carbonyl (C=O) groups excluding carboxylic acids is 3. The third kappa shape index (κ3) is 3.64. The molecule has 1 saturated heterocycles. The molecule has 1 aliphatic heterocycles. The number of aromatic nitrogens is 1. The van der Waals surface area contributed by atoms with E-state index >= 15 is 0 Å². The van der Waals surface area contributed by atoms with Crippen molar-refractivity contribution in [3.8, 4) is 0 Å². The molecule has 0 spiro atoms. The molecule has 1 aromatic heterocycles. The summed E-state index contributed by atoms with van der Waals surface area (Å²) in [5.41, 5.74) is 1.65. The zero-order valence-electron chi connectivity index (χ0n) is 18.2. The van der Waals surface area contributed by atoms with Crippen LogP contribution in [0.15, 0.2) is 59.5 Å². The van der Waals surface area contributed by atoms with E-state index in [9.17, 15) is 19.2 Å². The number of benzene rings is 2. The lowest BCUT2D eigenvalue weighted by molar-refractivity contribution is -0.125. The van der Waals surface area contributed by atoms with E-state index in [0.29, 0.717) is 35.4 Å². The lowest BCUT2D eigenvalue weighted by Crippen LogP contribution is -2.35. The molecule has 164 valence electrons. The first-order valence-corrected chi connectivity index (χ1v) is 10.4. The number of fused-ring (bicyclic) bond motifs is 1. The average molecular weight is 432 g/mol. The van der Waals surface area contributed by atoms with Crippen LogP contribution < -0.4 is 15.8 Å². The highest BCUT2D eigenvalue weighted by atomic mass is 16.2. The van der Waals surface area contributed by atoms with E-state index in [2.05, 4.69) is 5.32 Å². The van der Waals surface area contributed by atoms with Crippen LogP contribution in [0.25, 0.3) is 10.8 Å². The number of urea groups is 1. The molecule has 2 aromatic carbocycles. The van der Waals surface area contributed by atoms with Crippen molar-refractivity contribution < 1.29 is 14.4 Å². The maximum atomic E-state index is 13.0. The minimum absolute atomic E-state index is 0.233. The Balaban J connectivity index is 1.59. The normalized spacial score (nSPS) is 14.7. The predicted octanol–water partition coefficient (Wildman–Crippen LogP) is 3.30. The summed E-state index contributed by atoms with van der Waals surface area (Å²) in [4.78, 5) is 52.8. The van der Waals surface area contributed by atoms with Crippen LogP contribution in [0.3, 0.4) is 0 Å². The summed E-state index contributed by atoms with van der Waals surface area (Å²) < 4.78 is 1.41. The highest BCUT2D eigenvalue weighted by Crippen LogP contribution is 2.30. The van der Waals surface area contributed by atoms with Gasteiger partial charge in [0, 0.05) is 37.3 Å². The van der Waals surface area contributed by atoms with Gasteiger partial charge in [0.1, 0.15) is 6.04 Å². The first-order valence-electron chi connectivity index (χ1n) is 10.4. The summed E-state index contributed by atoms with van der Waals surface area (Å²) in [7, 11) is 0. The molecule has 1 aliphatic rings. The predicted molar refractivity (Wildman–Crippen MR) is 123 cm³/mol. The Labute approximate surface area is 185 Å². The van der Waals surface area contributed by atoms with E-state index in [1.54, 1.807) is 43.5 Å². The molecule has 8 nitrogen and oxygen atoms in total. The van der Waals surface area contributed by atoms with E-state index < -0.39 is 6.04 Å². The molecule has 0 radical (unpaired) electrons. The third-order valence-corrected chi connectivity index (χ3v) is 5.88. The zero-order valence-corrected chi connectivity index (χ0v) is 18.2. The van der Waals surface area contributed by atoms with Gasteiger partial charge in [0.2, 0.25) is 11.8 Å². The molecule has 1 atom stereocenters. The molecule has 4 amide bonds. The van der Waals surface area contributed by atoms with Crippen molar-refractivity contribution in [1.82, 2.24) is 9.47 Å². The molecule has 3 aromatic rings. The summed E-state index contributed by atoms with van der Waals surface area (Å²) in [6.07, 6.45) is 1.62. The Morgan fingerprint density at radius 3 is 2.47 bits per heavy atom. The number of hydrogen-bond acceptors (Lipinski definition) is 4. The summed E-state index contributed by atoms with van der Waals surface area (Å²) >= 11 is 0. The van der Waals surface area contributed by atoms with Crippen molar-refractivity contribution in [3.05, 3.63) is 70.6 Å². The van der Waals surface area contributed by atoms with Gasteiger partial charge >= 0.3 is 6.03 Å². The Bertz CT molecular complexity index is 1300. The highest BCUT2D eigenvalue weighted by Gasteiger charge is 2.33. The smallest absolute Gasteiger partial charge is 0.324 e. The summed E-state index contributed by atoms with van der Waals surface area (Å²) in [6.45, 7) is 5.55. The SMILES string of the molecule is CC(=O)N1CCN(c2cccc(NC(=O)[C@@H](C)n3ccc4ccccc4c3=O)c2C)C1=O. The molecule has 0 bridgehead atoms. The third-order valence-electron chi connectivity index (χ3n) is 5.88. The summed E-state index contributed by atoms with van der Waals surface area (Å²) in [5, 5.41) is 4.25. The largest absolute Gasteiger partial charge is 0.331 e. The van der Waals surface area contributed by atoms with Gasteiger partial charge in [-0.15, -0.1) is 0 Å². The van der Waals surface area contributed by atoms with Crippen LogP contribution in [0.5, 0.6) is 0 Å². The Morgan fingerprint density at radius 1 is 1.00 bits per heavy atom. The number of amides is 4. The molecule has 1 fully saturated rings. The molecular weight excluding hydrogens is 408 g/mol. The van der Waals surface area contributed by atoms with Gasteiger partial charge in [-0.3, -0.25) is 24.2 Å². The second-order valence-electron chi connectivity index (χ2n) is 7.84. The average Bonchev–Trinajstić information content (AvgIpc) is 3.16. The van der Waals surface area contributed by atoms with E-state index in [1.165, 1.54) is 21.3 Å². The molecule has 8 heteroatoms. The second-order valence-corrected chi connectivity index (χ2v) is 7.84. The minimum atomic E-state index is -0.739. The van der Waals surface area contributed by atoms with Crippen molar-refractivity contribution in [2.75, 3.05) is 23.3 Å². The van der Waals surface area contributed by atoms with Crippen LogP contribution in [0.4, 0.5) is 16.2 Å². The standard InChI is InChI=1S/C24H24N4O4/c1-15-20(9-6-10-21(15)28-14-13-27(17(3)29)24(28)32)25-22(30)16(2)26-12-11-18-7-4-5-8-19(18)23(26)31/h4-12,16H,13-14H2,1-3H3,(H,25,30)/t16-/m1/s1.